The van der Waals surface area contributed by atoms with Crippen LogP contribution in [0.5, 0.6) is 0 Å². The Bertz CT molecular complexity index is 232. The Hall–Kier alpha value is -0.120. The van der Waals surface area contributed by atoms with Crippen LogP contribution in [0.15, 0.2) is 0 Å². The predicted octanol–water partition coefficient (Wildman–Crippen LogP) is 2.02. The van der Waals surface area contributed by atoms with Crippen molar-refractivity contribution in [3.63, 3.8) is 0 Å². The van der Waals surface area contributed by atoms with Gasteiger partial charge in [0.2, 0.25) is 0 Å². The van der Waals surface area contributed by atoms with Gasteiger partial charge in [0.05, 0.1) is 12.7 Å². The molecule has 0 aromatic rings. The minimum atomic E-state index is 0.532. The third-order valence-electron chi connectivity index (χ3n) is 4.21. The fourth-order valence-electron chi connectivity index (χ4n) is 3.25. The van der Waals surface area contributed by atoms with Crippen LogP contribution in [0, 0.1) is 0 Å². The van der Waals surface area contributed by atoms with Gasteiger partial charge < -0.3 is 10.1 Å². The van der Waals surface area contributed by atoms with Crippen molar-refractivity contribution < 1.29 is 4.74 Å². The molecule has 0 aromatic heterocycles. The van der Waals surface area contributed by atoms with E-state index in [1.165, 1.54) is 25.7 Å². The zero-order chi connectivity index (χ0) is 12.3. The zero-order valence-corrected chi connectivity index (χ0v) is 11.6. The predicted molar refractivity (Wildman–Crippen MR) is 71.3 cm³/mol. The first-order valence-electron chi connectivity index (χ1n) is 7.29. The van der Waals surface area contributed by atoms with Crippen LogP contribution in [0.4, 0.5) is 0 Å². The van der Waals surface area contributed by atoms with Gasteiger partial charge in [-0.2, -0.15) is 0 Å². The van der Waals surface area contributed by atoms with E-state index in [-0.39, 0.29) is 0 Å². The van der Waals surface area contributed by atoms with Crippen molar-refractivity contribution in [2.75, 3.05) is 19.7 Å². The monoisotopic (exact) mass is 240 g/mol. The Morgan fingerprint density at radius 3 is 2.88 bits per heavy atom. The van der Waals surface area contributed by atoms with E-state index in [1.54, 1.807) is 0 Å². The van der Waals surface area contributed by atoms with E-state index >= 15 is 0 Å². The highest BCUT2D eigenvalue weighted by Gasteiger charge is 2.37. The van der Waals surface area contributed by atoms with Crippen LogP contribution < -0.4 is 5.32 Å². The van der Waals surface area contributed by atoms with Crippen molar-refractivity contribution in [1.29, 1.82) is 0 Å². The summed E-state index contributed by atoms with van der Waals surface area (Å²) in [5.74, 6) is 0. The molecular formula is C14H28N2O. The molecule has 0 radical (unpaired) electrons. The van der Waals surface area contributed by atoms with Crippen LogP contribution >= 0.6 is 0 Å². The van der Waals surface area contributed by atoms with Gasteiger partial charge in [-0.25, -0.2) is 0 Å². The molecule has 3 nitrogen and oxygen atoms in total. The van der Waals surface area contributed by atoms with Gasteiger partial charge in [0.25, 0.3) is 0 Å². The van der Waals surface area contributed by atoms with Crippen LogP contribution in [-0.4, -0.2) is 48.8 Å². The molecule has 0 aromatic carbocycles. The molecule has 1 saturated carbocycles. The molecule has 1 heterocycles. The molecule has 0 bridgehead atoms. The van der Waals surface area contributed by atoms with Crippen LogP contribution in [0.1, 0.15) is 46.5 Å². The molecule has 1 aliphatic heterocycles. The molecule has 3 unspecified atom stereocenters. The SMILES string of the molecule is CC(C)NCCC(C)N1CCOC2CCCC21. The summed E-state index contributed by atoms with van der Waals surface area (Å²) in [5.41, 5.74) is 0. The number of morpholine rings is 1. The average molecular weight is 240 g/mol. The van der Waals surface area contributed by atoms with Crippen molar-refractivity contribution >= 4 is 0 Å². The summed E-state index contributed by atoms with van der Waals surface area (Å²) in [6.07, 6.45) is 5.75. The molecule has 3 atom stereocenters. The molecule has 0 amide bonds. The quantitative estimate of drug-likeness (QED) is 0.795. The summed E-state index contributed by atoms with van der Waals surface area (Å²) < 4.78 is 5.87. The fraction of sp³-hybridized carbons (Fsp3) is 1.00. The summed E-state index contributed by atoms with van der Waals surface area (Å²) in [6.45, 7) is 10.0. The lowest BCUT2D eigenvalue weighted by Gasteiger charge is -2.41. The van der Waals surface area contributed by atoms with E-state index in [4.69, 9.17) is 4.74 Å². The molecule has 2 aliphatic rings. The van der Waals surface area contributed by atoms with Gasteiger partial charge >= 0.3 is 0 Å². The normalized spacial score (nSPS) is 31.8. The highest BCUT2D eigenvalue weighted by molar-refractivity contribution is 4.91. The molecule has 0 spiro atoms. The Balaban J connectivity index is 1.79. The van der Waals surface area contributed by atoms with Crippen LogP contribution in [0.3, 0.4) is 0 Å². The maximum absolute atomic E-state index is 5.87. The second kappa shape index (κ2) is 6.17. The first-order chi connectivity index (χ1) is 8.18. The average Bonchev–Trinajstić information content (AvgIpc) is 2.75. The van der Waals surface area contributed by atoms with E-state index < -0.39 is 0 Å². The number of fused-ring (bicyclic) bond motifs is 1. The smallest absolute Gasteiger partial charge is 0.0731 e. The molecule has 17 heavy (non-hydrogen) atoms. The van der Waals surface area contributed by atoms with Crippen molar-refractivity contribution in [2.45, 2.75) is 70.7 Å². The largest absolute Gasteiger partial charge is 0.375 e. The van der Waals surface area contributed by atoms with Crippen LogP contribution in [-0.2, 0) is 4.74 Å². The number of ether oxygens (including phenoxy) is 1. The number of hydrogen-bond acceptors (Lipinski definition) is 3. The van der Waals surface area contributed by atoms with Gasteiger partial charge in [-0.05, 0) is 39.2 Å². The van der Waals surface area contributed by atoms with Gasteiger partial charge in [-0.3, -0.25) is 4.90 Å². The fourth-order valence-corrected chi connectivity index (χ4v) is 3.25. The van der Waals surface area contributed by atoms with Crippen LogP contribution in [0.2, 0.25) is 0 Å². The van der Waals surface area contributed by atoms with E-state index in [9.17, 15) is 0 Å². The molecular weight excluding hydrogens is 212 g/mol. The van der Waals surface area contributed by atoms with Crippen LogP contribution in [0.25, 0.3) is 0 Å². The minimum absolute atomic E-state index is 0.532. The minimum Gasteiger partial charge on any atom is -0.375 e. The van der Waals surface area contributed by atoms with Gasteiger partial charge in [0.1, 0.15) is 0 Å². The first-order valence-corrected chi connectivity index (χ1v) is 7.29. The van der Waals surface area contributed by atoms with Gasteiger partial charge in [-0.15, -0.1) is 0 Å². The highest BCUT2D eigenvalue weighted by Crippen LogP contribution is 2.31. The zero-order valence-electron chi connectivity index (χ0n) is 11.6. The van der Waals surface area contributed by atoms with Crippen molar-refractivity contribution in [1.82, 2.24) is 10.2 Å². The molecule has 1 aliphatic carbocycles. The number of hydrogen-bond donors (Lipinski definition) is 1. The van der Waals surface area contributed by atoms with E-state index in [0.717, 1.165) is 19.7 Å². The summed E-state index contributed by atoms with van der Waals surface area (Å²) in [5, 5.41) is 3.52. The standard InChI is InChI=1S/C14H28N2O/c1-11(2)15-8-7-12(3)16-9-10-17-14-6-4-5-13(14)16/h11-15H,4-10H2,1-3H3. The molecule has 3 heteroatoms. The van der Waals surface area contributed by atoms with Gasteiger partial charge in [0, 0.05) is 24.7 Å². The Labute approximate surface area is 106 Å². The summed E-state index contributed by atoms with van der Waals surface area (Å²) in [7, 11) is 0. The Kier molecular flexibility index (Phi) is 4.83. The van der Waals surface area contributed by atoms with E-state index in [1.807, 2.05) is 0 Å². The molecule has 2 fully saturated rings. The second-order valence-corrected chi connectivity index (χ2v) is 5.89. The maximum Gasteiger partial charge on any atom is 0.0731 e. The highest BCUT2D eigenvalue weighted by atomic mass is 16.5. The molecule has 100 valence electrons. The summed E-state index contributed by atoms with van der Waals surface area (Å²) >= 11 is 0. The molecule has 2 rings (SSSR count). The van der Waals surface area contributed by atoms with Gasteiger partial charge in [-0.1, -0.05) is 13.8 Å². The number of rotatable bonds is 5. The number of nitrogens with zero attached hydrogens (tertiary/aromatic N) is 1. The Morgan fingerprint density at radius 1 is 1.29 bits per heavy atom. The molecule has 1 saturated heterocycles. The Morgan fingerprint density at radius 2 is 2.12 bits per heavy atom. The van der Waals surface area contributed by atoms with E-state index in [2.05, 4.69) is 31.0 Å². The molecule has 1 N–H and O–H groups in total. The summed E-state index contributed by atoms with van der Waals surface area (Å²) in [4.78, 5) is 2.70. The first kappa shape index (κ1) is 13.3. The van der Waals surface area contributed by atoms with Crippen molar-refractivity contribution in [3.05, 3.63) is 0 Å². The van der Waals surface area contributed by atoms with E-state index in [0.29, 0.717) is 24.2 Å². The van der Waals surface area contributed by atoms with Crippen molar-refractivity contribution in [2.24, 2.45) is 0 Å². The number of nitrogens with one attached hydrogen (secondary N) is 1. The third kappa shape index (κ3) is 3.43. The summed E-state index contributed by atoms with van der Waals surface area (Å²) in [6, 6.07) is 2.00. The lowest BCUT2D eigenvalue weighted by molar-refractivity contribution is -0.0700. The lowest BCUT2D eigenvalue weighted by Crippen LogP contribution is -2.52. The topological polar surface area (TPSA) is 24.5 Å². The maximum atomic E-state index is 5.87. The second-order valence-electron chi connectivity index (χ2n) is 5.89. The third-order valence-corrected chi connectivity index (χ3v) is 4.21. The lowest BCUT2D eigenvalue weighted by atomic mass is 10.1. The van der Waals surface area contributed by atoms with Crippen molar-refractivity contribution in [3.8, 4) is 0 Å². The van der Waals surface area contributed by atoms with Gasteiger partial charge in [0.15, 0.2) is 0 Å².